The summed E-state index contributed by atoms with van der Waals surface area (Å²) in [6.45, 7) is 13.8. The molecule has 30 heavy (non-hydrogen) atoms. The van der Waals surface area contributed by atoms with Crippen LogP contribution in [0.3, 0.4) is 0 Å². The van der Waals surface area contributed by atoms with Gasteiger partial charge in [0.25, 0.3) is 0 Å². The molecule has 2 rings (SSSR count). The number of nitrogens with one attached hydrogen (secondary N) is 1. The lowest BCUT2D eigenvalue weighted by Crippen LogP contribution is -2.34. The first kappa shape index (κ1) is 24.5. The summed E-state index contributed by atoms with van der Waals surface area (Å²) in [7, 11) is 0.562. The number of benzene rings is 1. The lowest BCUT2D eigenvalue weighted by Gasteiger charge is -2.25. The number of ether oxygens (including phenoxy) is 1. The maximum atomic E-state index is 12.4. The van der Waals surface area contributed by atoms with Crippen LogP contribution in [0.4, 0.5) is 4.79 Å². The average molecular weight is 452 g/mol. The Hall–Kier alpha value is -1.77. The van der Waals surface area contributed by atoms with Crippen LogP contribution in [0.25, 0.3) is 10.4 Å². The number of rotatable bonds is 6. The molecule has 1 N–H and O–H groups in total. The summed E-state index contributed by atoms with van der Waals surface area (Å²) < 4.78 is 20.6. The fraction of sp³-hybridized carbons (Fsp3) is 0.545. The summed E-state index contributed by atoms with van der Waals surface area (Å²) >= 11 is 1.56. The minimum atomic E-state index is -1.17. The van der Waals surface area contributed by atoms with Crippen LogP contribution in [0.15, 0.2) is 30.5 Å². The molecule has 2 unspecified atom stereocenters. The summed E-state index contributed by atoms with van der Waals surface area (Å²) in [6.07, 6.45) is 1.48. The molecule has 6 nitrogen and oxygen atoms in total. The van der Waals surface area contributed by atoms with E-state index in [-0.39, 0.29) is 16.9 Å². The molecule has 0 fully saturated rings. The summed E-state index contributed by atoms with van der Waals surface area (Å²) in [5.74, 6) is 0. The van der Waals surface area contributed by atoms with E-state index in [1.807, 2.05) is 78.9 Å². The Morgan fingerprint density at radius 1 is 1.23 bits per heavy atom. The van der Waals surface area contributed by atoms with E-state index < -0.39 is 16.6 Å². The summed E-state index contributed by atoms with van der Waals surface area (Å²) in [6, 6.07) is 7.84. The summed E-state index contributed by atoms with van der Waals surface area (Å²) in [5.41, 5.74) is 1.51. The van der Waals surface area contributed by atoms with Crippen molar-refractivity contribution in [2.45, 2.75) is 71.4 Å². The molecule has 1 aromatic heterocycles. The smallest absolute Gasteiger partial charge is 0.410 e. The van der Waals surface area contributed by atoms with E-state index in [0.717, 1.165) is 21.0 Å². The standard InChI is InChI=1S/C22H33N3O3S2/c1-15(24-30(27)22(5,6)7)19-23-13-18(29-19)17-12-10-9-11-16(17)14-25(8)20(26)28-21(2,3)4/h9-13,15,24H,14H2,1-8H3. The first-order valence-electron chi connectivity index (χ1n) is 9.94. The molecule has 166 valence electrons. The topological polar surface area (TPSA) is 71.5 Å². The Morgan fingerprint density at radius 2 is 1.87 bits per heavy atom. The minimum Gasteiger partial charge on any atom is -0.444 e. The summed E-state index contributed by atoms with van der Waals surface area (Å²) in [5, 5.41) is 0.873. The second kappa shape index (κ2) is 9.58. The van der Waals surface area contributed by atoms with Gasteiger partial charge in [-0.25, -0.2) is 18.7 Å². The maximum Gasteiger partial charge on any atom is 0.410 e. The van der Waals surface area contributed by atoms with Crippen LogP contribution in [0, 0.1) is 0 Å². The van der Waals surface area contributed by atoms with Crippen molar-refractivity contribution in [3.8, 4) is 10.4 Å². The van der Waals surface area contributed by atoms with Gasteiger partial charge in [0, 0.05) is 19.8 Å². The highest BCUT2D eigenvalue weighted by atomic mass is 32.2. The van der Waals surface area contributed by atoms with Crippen molar-refractivity contribution in [3.05, 3.63) is 41.0 Å². The molecule has 0 saturated carbocycles. The molecule has 0 saturated heterocycles. The molecule has 0 aliphatic carbocycles. The molecule has 2 atom stereocenters. The van der Waals surface area contributed by atoms with Crippen LogP contribution in [0.1, 0.15) is 65.1 Å². The zero-order valence-electron chi connectivity index (χ0n) is 19.1. The van der Waals surface area contributed by atoms with Gasteiger partial charge in [-0.3, -0.25) is 0 Å². The molecule has 1 heterocycles. The Kier molecular flexibility index (Phi) is 7.82. The number of hydrogen-bond donors (Lipinski definition) is 1. The van der Waals surface area contributed by atoms with E-state index in [0.29, 0.717) is 6.54 Å². The number of amides is 1. The quantitative estimate of drug-likeness (QED) is 0.648. The Morgan fingerprint density at radius 3 is 2.47 bits per heavy atom. The van der Waals surface area contributed by atoms with Crippen LogP contribution in [-0.4, -0.2) is 37.6 Å². The minimum absolute atomic E-state index is 0.125. The first-order valence-corrected chi connectivity index (χ1v) is 11.9. The van der Waals surface area contributed by atoms with Crippen LogP contribution in [0.5, 0.6) is 0 Å². The molecular weight excluding hydrogens is 418 g/mol. The number of hydrogen-bond acceptors (Lipinski definition) is 5. The third-order valence-electron chi connectivity index (χ3n) is 4.13. The van der Waals surface area contributed by atoms with Crippen molar-refractivity contribution in [2.75, 3.05) is 7.05 Å². The number of carbonyl (C=O) groups is 1. The van der Waals surface area contributed by atoms with Crippen LogP contribution < -0.4 is 4.72 Å². The van der Waals surface area contributed by atoms with E-state index in [9.17, 15) is 9.00 Å². The maximum absolute atomic E-state index is 12.4. The monoisotopic (exact) mass is 451 g/mol. The van der Waals surface area contributed by atoms with E-state index in [4.69, 9.17) is 4.74 Å². The van der Waals surface area contributed by atoms with Gasteiger partial charge in [-0.1, -0.05) is 24.3 Å². The zero-order valence-corrected chi connectivity index (χ0v) is 20.7. The molecule has 1 amide bonds. The largest absolute Gasteiger partial charge is 0.444 e. The van der Waals surface area contributed by atoms with Crippen LogP contribution in [-0.2, 0) is 22.3 Å². The molecule has 0 aliphatic heterocycles. The Balaban J connectivity index is 2.18. The van der Waals surface area contributed by atoms with Crippen molar-refractivity contribution in [1.29, 1.82) is 0 Å². The van der Waals surface area contributed by atoms with Crippen LogP contribution >= 0.6 is 11.3 Å². The summed E-state index contributed by atoms with van der Waals surface area (Å²) in [4.78, 5) is 19.5. The Bertz CT molecular complexity index is 898. The molecule has 0 bridgehead atoms. The third kappa shape index (κ3) is 6.89. The molecule has 1 aromatic carbocycles. The Labute approximate surface area is 186 Å². The molecule has 0 spiro atoms. The van der Waals surface area contributed by atoms with Gasteiger partial charge >= 0.3 is 6.09 Å². The molecular formula is C22H33N3O3S2. The van der Waals surface area contributed by atoms with Gasteiger partial charge in [-0.05, 0) is 59.6 Å². The predicted molar refractivity (Wildman–Crippen MR) is 125 cm³/mol. The number of thiazole rings is 1. The lowest BCUT2D eigenvalue weighted by molar-refractivity contribution is 0.0285. The third-order valence-corrected chi connectivity index (χ3v) is 7.02. The van der Waals surface area contributed by atoms with E-state index >= 15 is 0 Å². The molecule has 2 aromatic rings. The SMILES string of the molecule is CC(NS(=O)C(C)(C)C)c1ncc(-c2ccccc2CN(C)C(=O)OC(C)(C)C)s1. The molecule has 0 aliphatic rings. The van der Waals surface area contributed by atoms with E-state index in [1.54, 1.807) is 23.3 Å². The van der Waals surface area contributed by atoms with Gasteiger partial charge in [0.2, 0.25) is 0 Å². The van der Waals surface area contributed by atoms with Crippen molar-refractivity contribution >= 4 is 28.4 Å². The average Bonchev–Trinajstić information content (AvgIpc) is 3.09. The van der Waals surface area contributed by atoms with Gasteiger partial charge in [-0.15, -0.1) is 11.3 Å². The predicted octanol–water partition coefficient (Wildman–Crippen LogP) is 5.29. The van der Waals surface area contributed by atoms with Crippen molar-refractivity contribution in [1.82, 2.24) is 14.6 Å². The molecule has 8 heteroatoms. The highest BCUT2D eigenvalue weighted by molar-refractivity contribution is 7.84. The van der Waals surface area contributed by atoms with Crippen molar-refractivity contribution in [3.63, 3.8) is 0 Å². The van der Waals surface area contributed by atoms with Gasteiger partial charge in [0.1, 0.15) is 10.6 Å². The highest BCUT2D eigenvalue weighted by Gasteiger charge is 2.24. The first-order chi connectivity index (χ1) is 13.8. The number of nitrogens with zero attached hydrogens (tertiary/aromatic N) is 2. The highest BCUT2D eigenvalue weighted by Crippen LogP contribution is 2.32. The lowest BCUT2D eigenvalue weighted by atomic mass is 10.1. The fourth-order valence-electron chi connectivity index (χ4n) is 2.56. The van der Waals surface area contributed by atoms with Gasteiger partial charge < -0.3 is 9.64 Å². The van der Waals surface area contributed by atoms with E-state index in [1.165, 1.54) is 0 Å². The van der Waals surface area contributed by atoms with Crippen molar-refractivity contribution < 1.29 is 13.7 Å². The fourth-order valence-corrected chi connectivity index (χ4v) is 4.40. The molecule has 0 radical (unpaired) electrons. The second-order valence-electron chi connectivity index (χ2n) is 9.28. The van der Waals surface area contributed by atoms with Gasteiger partial charge in [0.05, 0.1) is 26.7 Å². The second-order valence-corrected chi connectivity index (χ2v) is 12.3. The number of aromatic nitrogens is 1. The van der Waals surface area contributed by atoms with Gasteiger partial charge in [0.15, 0.2) is 0 Å². The van der Waals surface area contributed by atoms with E-state index in [2.05, 4.69) is 9.71 Å². The van der Waals surface area contributed by atoms with Crippen molar-refractivity contribution in [2.24, 2.45) is 0 Å². The van der Waals surface area contributed by atoms with Crippen LogP contribution in [0.2, 0.25) is 0 Å². The number of carbonyl (C=O) groups excluding carboxylic acids is 1. The van der Waals surface area contributed by atoms with Gasteiger partial charge in [-0.2, -0.15) is 0 Å². The normalized spacial score (nSPS) is 14.3. The zero-order chi connectivity index (χ0) is 22.7.